The standard InChI is InChI=1S/C17H25N3O3/c1-17(2,3)23-16(22)20-10-6-7-13(12-20)15(21)19-11-14-8-4-5-9-18-14/h4-5,8-9,13H,6-7,10-12H2,1-3H3,(H,19,21). The number of rotatable bonds is 3. The number of carbonyl (C=O) groups excluding carboxylic acids is 2. The zero-order valence-electron chi connectivity index (χ0n) is 14.0. The SMILES string of the molecule is CC(C)(C)OC(=O)N1CCCC(C(=O)NCc2ccccn2)C1. The first kappa shape index (κ1) is 17.2. The van der Waals surface area contributed by atoms with Gasteiger partial charge in [-0.1, -0.05) is 6.07 Å². The van der Waals surface area contributed by atoms with Crippen LogP contribution in [0, 0.1) is 5.92 Å². The van der Waals surface area contributed by atoms with Crippen LogP contribution in [0.3, 0.4) is 0 Å². The van der Waals surface area contributed by atoms with Crippen molar-refractivity contribution in [1.82, 2.24) is 15.2 Å². The minimum absolute atomic E-state index is 0.0380. The molecule has 6 nitrogen and oxygen atoms in total. The molecule has 1 aromatic rings. The number of carbonyl (C=O) groups is 2. The fourth-order valence-electron chi connectivity index (χ4n) is 2.51. The zero-order valence-corrected chi connectivity index (χ0v) is 14.0. The molecule has 1 atom stereocenters. The maximum Gasteiger partial charge on any atom is 0.410 e. The Morgan fingerprint density at radius 3 is 2.83 bits per heavy atom. The van der Waals surface area contributed by atoms with Crippen molar-refractivity contribution in [3.8, 4) is 0 Å². The van der Waals surface area contributed by atoms with E-state index in [1.54, 1.807) is 11.1 Å². The lowest BCUT2D eigenvalue weighted by Gasteiger charge is -2.33. The zero-order chi connectivity index (χ0) is 16.9. The molecule has 1 unspecified atom stereocenters. The molecule has 2 heterocycles. The number of ether oxygens (including phenoxy) is 1. The summed E-state index contributed by atoms with van der Waals surface area (Å²) in [5.41, 5.74) is 0.297. The predicted molar refractivity (Wildman–Crippen MR) is 86.6 cm³/mol. The summed E-state index contributed by atoms with van der Waals surface area (Å²) in [5.74, 6) is -0.233. The number of nitrogens with zero attached hydrogens (tertiary/aromatic N) is 2. The van der Waals surface area contributed by atoms with E-state index >= 15 is 0 Å². The highest BCUT2D eigenvalue weighted by atomic mass is 16.6. The number of amides is 2. The van der Waals surface area contributed by atoms with Crippen molar-refractivity contribution < 1.29 is 14.3 Å². The van der Waals surface area contributed by atoms with Crippen molar-refractivity contribution in [3.63, 3.8) is 0 Å². The molecule has 0 saturated carbocycles. The average molecular weight is 319 g/mol. The van der Waals surface area contributed by atoms with Crippen LogP contribution in [0.5, 0.6) is 0 Å². The first-order chi connectivity index (χ1) is 10.8. The molecular weight excluding hydrogens is 294 g/mol. The number of hydrogen-bond donors (Lipinski definition) is 1. The number of aromatic nitrogens is 1. The molecule has 6 heteroatoms. The summed E-state index contributed by atoms with van der Waals surface area (Å²) in [6.07, 6.45) is 2.94. The number of pyridine rings is 1. The maximum absolute atomic E-state index is 12.3. The number of nitrogens with one attached hydrogen (secondary N) is 1. The second kappa shape index (κ2) is 7.44. The molecule has 0 radical (unpaired) electrons. The largest absolute Gasteiger partial charge is 0.444 e. The van der Waals surface area contributed by atoms with Gasteiger partial charge in [0.25, 0.3) is 0 Å². The monoisotopic (exact) mass is 319 g/mol. The molecule has 23 heavy (non-hydrogen) atoms. The molecule has 2 amide bonds. The molecule has 1 saturated heterocycles. The summed E-state index contributed by atoms with van der Waals surface area (Å²) in [5, 5.41) is 2.90. The van der Waals surface area contributed by atoms with Crippen LogP contribution in [0.1, 0.15) is 39.3 Å². The Balaban J connectivity index is 1.85. The Kier molecular flexibility index (Phi) is 5.58. The van der Waals surface area contributed by atoms with Crippen LogP contribution in [-0.4, -0.2) is 40.6 Å². The van der Waals surface area contributed by atoms with E-state index in [0.29, 0.717) is 19.6 Å². The Morgan fingerprint density at radius 1 is 1.39 bits per heavy atom. The van der Waals surface area contributed by atoms with E-state index in [0.717, 1.165) is 18.5 Å². The summed E-state index contributed by atoms with van der Waals surface area (Å²) in [4.78, 5) is 30.2. The highest BCUT2D eigenvalue weighted by Gasteiger charge is 2.30. The molecule has 0 bridgehead atoms. The Labute approximate surface area is 137 Å². The number of likely N-dealkylation sites (tertiary alicyclic amines) is 1. The molecule has 0 spiro atoms. The van der Waals surface area contributed by atoms with Crippen molar-refractivity contribution >= 4 is 12.0 Å². The molecule has 1 aliphatic rings. The van der Waals surface area contributed by atoms with Crippen molar-refractivity contribution in [2.24, 2.45) is 5.92 Å². The fraction of sp³-hybridized carbons (Fsp3) is 0.588. The predicted octanol–water partition coefficient (Wildman–Crippen LogP) is 2.34. The summed E-state index contributed by atoms with van der Waals surface area (Å²) in [6.45, 7) is 6.97. The number of hydrogen-bond acceptors (Lipinski definition) is 4. The van der Waals surface area contributed by atoms with Crippen LogP contribution in [-0.2, 0) is 16.1 Å². The third-order valence-corrected chi connectivity index (χ3v) is 3.61. The molecule has 1 N–H and O–H groups in total. The average Bonchev–Trinajstić information content (AvgIpc) is 2.52. The van der Waals surface area contributed by atoms with Gasteiger partial charge in [-0.05, 0) is 45.7 Å². The maximum atomic E-state index is 12.3. The van der Waals surface area contributed by atoms with E-state index in [1.807, 2.05) is 39.0 Å². The molecule has 0 aromatic carbocycles. The minimum Gasteiger partial charge on any atom is -0.444 e. The highest BCUT2D eigenvalue weighted by Crippen LogP contribution is 2.19. The van der Waals surface area contributed by atoms with Crippen LogP contribution < -0.4 is 5.32 Å². The van der Waals surface area contributed by atoms with Gasteiger partial charge in [0.15, 0.2) is 0 Å². The normalized spacial score (nSPS) is 18.4. The third-order valence-electron chi connectivity index (χ3n) is 3.61. The van der Waals surface area contributed by atoms with Crippen molar-refractivity contribution in [2.75, 3.05) is 13.1 Å². The third kappa shape index (κ3) is 5.54. The second-order valence-corrected chi connectivity index (χ2v) is 6.80. The first-order valence-corrected chi connectivity index (χ1v) is 8.01. The molecule has 126 valence electrons. The van der Waals surface area contributed by atoms with Crippen molar-refractivity contribution in [3.05, 3.63) is 30.1 Å². The van der Waals surface area contributed by atoms with Crippen LogP contribution in [0.4, 0.5) is 4.79 Å². The lowest BCUT2D eigenvalue weighted by molar-refractivity contribution is -0.126. The fourth-order valence-corrected chi connectivity index (χ4v) is 2.51. The van der Waals surface area contributed by atoms with Gasteiger partial charge in [-0.2, -0.15) is 0 Å². The molecule has 2 rings (SSSR count). The second-order valence-electron chi connectivity index (χ2n) is 6.80. The first-order valence-electron chi connectivity index (χ1n) is 8.01. The van der Waals surface area contributed by atoms with Crippen LogP contribution in [0.15, 0.2) is 24.4 Å². The summed E-state index contributed by atoms with van der Waals surface area (Å²) in [6, 6.07) is 5.60. The van der Waals surface area contributed by atoms with Crippen LogP contribution in [0.25, 0.3) is 0 Å². The smallest absolute Gasteiger partial charge is 0.410 e. The summed E-state index contributed by atoms with van der Waals surface area (Å²) >= 11 is 0. The number of piperidine rings is 1. The van der Waals surface area contributed by atoms with Gasteiger partial charge in [-0.15, -0.1) is 0 Å². The van der Waals surface area contributed by atoms with Gasteiger partial charge < -0.3 is 15.0 Å². The lowest BCUT2D eigenvalue weighted by atomic mass is 9.97. The van der Waals surface area contributed by atoms with Gasteiger partial charge in [0, 0.05) is 19.3 Å². The Bertz CT molecular complexity index is 540. The summed E-state index contributed by atoms with van der Waals surface area (Å²) in [7, 11) is 0. The van der Waals surface area contributed by atoms with Crippen molar-refractivity contribution in [2.45, 2.75) is 45.8 Å². The molecule has 1 aliphatic heterocycles. The Hall–Kier alpha value is -2.11. The van der Waals surface area contributed by atoms with Gasteiger partial charge in [0.1, 0.15) is 5.60 Å². The van der Waals surface area contributed by atoms with E-state index in [1.165, 1.54) is 0 Å². The van der Waals surface area contributed by atoms with Gasteiger partial charge >= 0.3 is 6.09 Å². The van der Waals surface area contributed by atoms with E-state index in [4.69, 9.17) is 4.74 Å². The van der Waals surface area contributed by atoms with Gasteiger partial charge in [-0.25, -0.2) is 4.79 Å². The van der Waals surface area contributed by atoms with E-state index in [9.17, 15) is 9.59 Å². The van der Waals surface area contributed by atoms with E-state index in [-0.39, 0.29) is 17.9 Å². The van der Waals surface area contributed by atoms with Gasteiger partial charge in [-0.3, -0.25) is 9.78 Å². The van der Waals surface area contributed by atoms with Crippen LogP contribution >= 0.6 is 0 Å². The summed E-state index contributed by atoms with van der Waals surface area (Å²) < 4.78 is 5.38. The minimum atomic E-state index is -0.523. The Morgan fingerprint density at radius 2 is 2.17 bits per heavy atom. The van der Waals surface area contributed by atoms with Gasteiger partial charge in [0.05, 0.1) is 18.2 Å². The van der Waals surface area contributed by atoms with Gasteiger partial charge in [0.2, 0.25) is 5.91 Å². The van der Waals surface area contributed by atoms with E-state index in [2.05, 4.69) is 10.3 Å². The highest BCUT2D eigenvalue weighted by molar-refractivity contribution is 5.80. The van der Waals surface area contributed by atoms with Crippen LogP contribution in [0.2, 0.25) is 0 Å². The molecule has 1 aromatic heterocycles. The molecule has 0 aliphatic carbocycles. The molecule has 1 fully saturated rings. The molecular formula is C17H25N3O3. The van der Waals surface area contributed by atoms with E-state index < -0.39 is 5.60 Å². The topological polar surface area (TPSA) is 71.5 Å². The quantitative estimate of drug-likeness (QED) is 0.928. The van der Waals surface area contributed by atoms with Crippen molar-refractivity contribution in [1.29, 1.82) is 0 Å². The lowest BCUT2D eigenvalue weighted by Crippen LogP contribution is -2.46.